The fraction of sp³-hybridized carbons (Fsp3) is 0.310. The molecular formula is C29H31NO8. The number of methoxy groups -OCH3 is 1. The molecule has 3 atom stereocenters. The highest BCUT2D eigenvalue weighted by Crippen LogP contribution is 2.32. The molecule has 3 rings (SSSR count). The fourth-order valence-corrected chi connectivity index (χ4v) is 3.64. The Kier molecular flexibility index (Phi) is 10.2. The van der Waals surface area contributed by atoms with Crippen molar-refractivity contribution in [1.82, 2.24) is 4.98 Å². The maximum Gasteiger partial charge on any atom is 0.309 e. The number of Topliss-reactive ketones (excluding diaryl/α,β-unsaturated/α-hetero) is 1. The summed E-state index contributed by atoms with van der Waals surface area (Å²) in [7, 11) is 1.41. The molecule has 0 saturated heterocycles. The van der Waals surface area contributed by atoms with E-state index in [1.54, 1.807) is 13.8 Å². The molecule has 1 aromatic heterocycles. The van der Waals surface area contributed by atoms with Crippen molar-refractivity contribution in [2.24, 2.45) is 5.92 Å². The van der Waals surface area contributed by atoms with Gasteiger partial charge in [0.05, 0.1) is 13.0 Å². The van der Waals surface area contributed by atoms with E-state index < -0.39 is 42.6 Å². The predicted molar refractivity (Wildman–Crippen MR) is 138 cm³/mol. The number of pyridine rings is 1. The molecular weight excluding hydrogens is 490 g/mol. The number of aromatic nitrogens is 1. The van der Waals surface area contributed by atoms with Crippen LogP contribution in [0.5, 0.6) is 17.2 Å². The van der Waals surface area contributed by atoms with E-state index >= 15 is 0 Å². The molecule has 3 aromatic rings. The number of nitrogens with zero attached hydrogens (tertiary/aromatic N) is 1. The molecule has 9 heteroatoms. The first-order valence-electron chi connectivity index (χ1n) is 12.1. The van der Waals surface area contributed by atoms with Gasteiger partial charge in [-0.2, -0.15) is 0 Å². The van der Waals surface area contributed by atoms with Crippen molar-refractivity contribution in [3.05, 3.63) is 84.2 Å². The molecule has 0 aliphatic rings. The Morgan fingerprint density at radius 2 is 1.58 bits per heavy atom. The minimum Gasteiger partial charge on any atom is -0.493 e. The first kappa shape index (κ1) is 28.2. The molecule has 0 fully saturated rings. The first-order chi connectivity index (χ1) is 18.3. The fourth-order valence-electron chi connectivity index (χ4n) is 3.64. The topological polar surface area (TPSA) is 110 Å². The summed E-state index contributed by atoms with van der Waals surface area (Å²) in [5.41, 5.74) is 0.800. The summed E-state index contributed by atoms with van der Waals surface area (Å²) < 4.78 is 27.4. The molecule has 0 radical (unpaired) electrons. The van der Waals surface area contributed by atoms with Crippen LogP contribution >= 0.6 is 0 Å². The molecule has 38 heavy (non-hydrogen) atoms. The second-order valence-corrected chi connectivity index (χ2v) is 8.52. The van der Waals surface area contributed by atoms with Gasteiger partial charge in [-0.25, -0.2) is 4.98 Å². The number of benzene rings is 2. The summed E-state index contributed by atoms with van der Waals surface area (Å²) in [5, 5.41) is 0. The third-order valence-corrected chi connectivity index (χ3v) is 5.57. The summed E-state index contributed by atoms with van der Waals surface area (Å²) in [6.45, 7) is 4.16. The minimum atomic E-state index is -0.785. The maximum absolute atomic E-state index is 13.1. The predicted octanol–water partition coefficient (Wildman–Crippen LogP) is 4.95. The van der Waals surface area contributed by atoms with E-state index in [1.807, 2.05) is 60.7 Å². The zero-order valence-electron chi connectivity index (χ0n) is 21.8. The Labute approximate surface area is 221 Å². The van der Waals surface area contributed by atoms with E-state index in [0.29, 0.717) is 5.75 Å². The number of ketones is 1. The molecule has 0 aliphatic heterocycles. The van der Waals surface area contributed by atoms with E-state index in [2.05, 4.69) is 4.98 Å². The van der Waals surface area contributed by atoms with Crippen LogP contribution in [0.2, 0.25) is 0 Å². The summed E-state index contributed by atoms with van der Waals surface area (Å²) in [5.74, 6) is -1.45. The first-order valence-corrected chi connectivity index (χ1v) is 12.1. The average molecular weight is 522 g/mol. The number of para-hydroxylation sites is 1. The zero-order chi connectivity index (χ0) is 27.5. The Morgan fingerprint density at radius 3 is 2.21 bits per heavy atom. The highest BCUT2D eigenvalue weighted by Gasteiger charge is 2.29. The lowest BCUT2D eigenvalue weighted by molar-refractivity contribution is -0.157. The third-order valence-electron chi connectivity index (χ3n) is 5.57. The molecule has 0 bridgehead atoms. The Balaban J connectivity index is 1.70. The van der Waals surface area contributed by atoms with E-state index in [1.165, 1.54) is 26.3 Å². The van der Waals surface area contributed by atoms with Crippen LogP contribution in [0.4, 0.5) is 0 Å². The Bertz CT molecular complexity index is 1220. The van der Waals surface area contributed by atoms with Crippen molar-refractivity contribution in [2.75, 3.05) is 13.9 Å². The van der Waals surface area contributed by atoms with Crippen molar-refractivity contribution in [1.29, 1.82) is 0 Å². The van der Waals surface area contributed by atoms with Crippen LogP contribution in [0.3, 0.4) is 0 Å². The van der Waals surface area contributed by atoms with Crippen LogP contribution < -0.4 is 14.2 Å². The quantitative estimate of drug-likeness (QED) is 0.175. The molecule has 0 saturated carbocycles. The van der Waals surface area contributed by atoms with Crippen LogP contribution in [-0.4, -0.2) is 42.7 Å². The molecule has 0 aliphatic carbocycles. The third kappa shape index (κ3) is 7.80. The largest absolute Gasteiger partial charge is 0.493 e. The van der Waals surface area contributed by atoms with Gasteiger partial charge in [0.1, 0.15) is 11.9 Å². The van der Waals surface area contributed by atoms with Crippen molar-refractivity contribution in [3.63, 3.8) is 0 Å². The molecule has 2 aromatic carbocycles. The van der Waals surface area contributed by atoms with E-state index in [0.717, 1.165) is 5.56 Å². The van der Waals surface area contributed by atoms with Crippen LogP contribution in [0, 0.1) is 5.92 Å². The van der Waals surface area contributed by atoms with Gasteiger partial charge in [0.2, 0.25) is 6.79 Å². The molecule has 0 unspecified atom stereocenters. The number of hydrogen-bond donors (Lipinski definition) is 0. The van der Waals surface area contributed by atoms with Crippen molar-refractivity contribution >= 4 is 17.7 Å². The Hall–Kier alpha value is -4.40. The number of hydrogen-bond acceptors (Lipinski definition) is 9. The van der Waals surface area contributed by atoms with Crippen molar-refractivity contribution < 1.29 is 38.1 Å². The smallest absolute Gasteiger partial charge is 0.309 e. The lowest BCUT2D eigenvalue weighted by Gasteiger charge is -2.26. The second kappa shape index (κ2) is 13.8. The molecule has 200 valence electrons. The van der Waals surface area contributed by atoms with Crippen LogP contribution in [0.25, 0.3) is 0 Å². The van der Waals surface area contributed by atoms with Gasteiger partial charge in [0.25, 0.3) is 0 Å². The van der Waals surface area contributed by atoms with Gasteiger partial charge in [0.15, 0.2) is 29.1 Å². The van der Waals surface area contributed by atoms with Gasteiger partial charge >= 0.3 is 11.9 Å². The standard InChI is InChI=1S/C29H31NO8/c1-19(17-24(32)26-28(36-18-35-21(3)31)25(34-4)15-16-30-26)29(33)37-20(2)27(22-11-7-5-8-12-22)38-23-13-9-6-10-14-23/h5-16,19-20,27H,17-18H2,1-4H3/t19-,20+,27+/m0/s1. The number of rotatable bonds is 13. The maximum atomic E-state index is 13.1. The van der Waals surface area contributed by atoms with Crippen LogP contribution in [0.15, 0.2) is 72.9 Å². The Morgan fingerprint density at radius 1 is 0.921 bits per heavy atom. The number of carbonyl (C=O) groups is 3. The molecule has 0 spiro atoms. The highest BCUT2D eigenvalue weighted by molar-refractivity contribution is 5.99. The van der Waals surface area contributed by atoms with Gasteiger partial charge < -0.3 is 23.7 Å². The summed E-state index contributed by atoms with van der Waals surface area (Å²) >= 11 is 0. The van der Waals surface area contributed by atoms with Gasteiger partial charge in [-0.3, -0.25) is 14.4 Å². The summed E-state index contributed by atoms with van der Waals surface area (Å²) in [4.78, 5) is 41.3. The number of carbonyl (C=O) groups excluding carboxylic acids is 3. The lowest BCUT2D eigenvalue weighted by Crippen LogP contribution is -2.30. The molecule has 1 heterocycles. The van der Waals surface area contributed by atoms with Crippen LogP contribution in [0.1, 0.15) is 49.3 Å². The van der Waals surface area contributed by atoms with Crippen LogP contribution in [-0.2, 0) is 19.1 Å². The SMILES string of the molecule is COc1ccnc(C(=O)C[C@H](C)C(=O)O[C@H](C)[C@@H](Oc2ccccc2)c2ccccc2)c1OCOC(C)=O. The monoisotopic (exact) mass is 521 g/mol. The minimum absolute atomic E-state index is 0.0237. The van der Waals surface area contributed by atoms with E-state index in [4.69, 9.17) is 23.7 Å². The highest BCUT2D eigenvalue weighted by atomic mass is 16.7. The van der Waals surface area contributed by atoms with Gasteiger partial charge in [0, 0.05) is 25.6 Å². The molecule has 0 N–H and O–H groups in total. The number of ether oxygens (including phenoxy) is 5. The van der Waals surface area contributed by atoms with Crippen molar-refractivity contribution in [2.45, 2.75) is 39.4 Å². The van der Waals surface area contributed by atoms with Crippen molar-refractivity contribution in [3.8, 4) is 17.2 Å². The zero-order valence-corrected chi connectivity index (χ0v) is 21.8. The van der Waals surface area contributed by atoms with E-state index in [9.17, 15) is 14.4 Å². The summed E-state index contributed by atoms with van der Waals surface area (Å²) in [6, 6.07) is 20.2. The second-order valence-electron chi connectivity index (χ2n) is 8.52. The number of esters is 2. The van der Waals surface area contributed by atoms with E-state index in [-0.39, 0.29) is 23.6 Å². The summed E-state index contributed by atoms with van der Waals surface area (Å²) in [6.07, 6.45) is -0.0150. The average Bonchev–Trinajstić information content (AvgIpc) is 2.92. The normalized spacial score (nSPS) is 12.9. The lowest BCUT2D eigenvalue weighted by atomic mass is 10.0. The van der Waals surface area contributed by atoms with Gasteiger partial charge in [-0.05, 0) is 24.6 Å². The molecule has 0 amide bonds. The molecule has 9 nitrogen and oxygen atoms in total. The van der Waals surface area contributed by atoms with Gasteiger partial charge in [-0.1, -0.05) is 55.5 Å². The van der Waals surface area contributed by atoms with Gasteiger partial charge in [-0.15, -0.1) is 0 Å².